The van der Waals surface area contributed by atoms with Gasteiger partial charge in [0, 0.05) is 5.56 Å². The van der Waals surface area contributed by atoms with Gasteiger partial charge in [0.05, 0.1) is 4.47 Å². The number of benzene rings is 1. The van der Waals surface area contributed by atoms with Gasteiger partial charge in [0.2, 0.25) is 5.91 Å². The maximum absolute atomic E-state index is 12.8. The molecule has 0 saturated carbocycles. The lowest BCUT2D eigenvalue weighted by Crippen LogP contribution is -2.29. The number of hydrogen-bond donors (Lipinski definition) is 2. The predicted molar refractivity (Wildman–Crippen MR) is 56.7 cm³/mol. The van der Waals surface area contributed by atoms with Crippen molar-refractivity contribution in [3.8, 4) is 0 Å². The fourth-order valence-electron chi connectivity index (χ4n) is 0.869. The third-order valence-corrected chi connectivity index (χ3v) is 2.17. The molecule has 7 heteroatoms. The minimum Gasteiger partial charge on any atom is -0.368 e. The zero-order valence-electron chi connectivity index (χ0n) is 8.00. The molecule has 2 amide bonds. The largest absolute Gasteiger partial charge is 0.368 e. The van der Waals surface area contributed by atoms with Crippen LogP contribution in [0.5, 0.6) is 0 Å². The molecule has 0 bridgehead atoms. The van der Waals surface area contributed by atoms with Gasteiger partial charge in [-0.2, -0.15) is 0 Å². The molecule has 0 aliphatic rings. The van der Waals surface area contributed by atoms with Gasteiger partial charge >= 0.3 is 0 Å². The van der Waals surface area contributed by atoms with E-state index in [2.05, 4.69) is 20.8 Å². The van der Waals surface area contributed by atoms with Crippen molar-refractivity contribution in [1.29, 1.82) is 0 Å². The Labute approximate surface area is 98.8 Å². The van der Waals surface area contributed by atoms with Gasteiger partial charge in [-0.25, -0.2) is 9.87 Å². The third kappa shape index (κ3) is 3.59. The smallest absolute Gasteiger partial charge is 0.274 e. The summed E-state index contributed by atoms with van der Waals surface area (Å²) >= 11 is 2.94. The van der Waals surface area contributed by atoms with E-state index in [1.54, 1.807) is 0 Å². The first-order valence-corrected chi connectivity index (χ1v) is 4.95. The number of nitrogens with one attached hydrogen (secondary N) is 1. The van der Waals surface area contributed by atoms with Crippen molar-refractivity contribution in [2.24, 2.45) is 5.73 Å². The highest BCUT2D eigenvalue weighted by molar-refractivity contribution is 9.10. The van der Waals surface area contributed by atoms with Crippen LogP contribution in [0, 0.1) is 5.82 Å². The van der Waals surface area contributed by atoms with E-state index in [0.717, 1.165) is 6.07 Å². The van der Waals surface area contributed by atoms with Crippen LogP contribution in [0.3, 0.4) is 0 Å². The summed E-state index contributed by atoms with van der Waals surface area (Å²) in [7, 11) is 0. The van der Waals surface area contributed by atoms with Crippen molar-refractivity contribution in [3.05, 3.63) is 34.1 Å². The highest BCUT2D eigenvalue weighted by Gasteiger charge is 2.08. The molecule has 86 valence electrons. The molecule has 3 N–H and O–H groups in total. The van der Waals surface area contributed by atoms with Gasteiger partial charge in [-0.05, 0) is 34.1 Å². The first-order chi connectivity index (χ1) is 7.50. The molecule has 0 aromatic heterocycles. The zero-order chi connectivity index (χ0) is 12.1. The average Bonchev–Trinajstić information content (AvgIpc) is 2.21. The number of primary amides is 1. The standard InChI is InChI=1S/C9H8BrFN2O3/c10-6-3-5(1-2-7(6)11)9(15)13-16-4-8(12)14/h1-3H,4H2,(H2,12,14)(H,13,15). The molecular weight excluding hydrogens is 283 g/mol. The molecule has 0 aliphatic heterocycles. The number of carbonyl (C=O) groups excluding carboxylic acids is 2. The SMILES string of the molecule is NC(=O)CONC(=O)c1ccc(F)c(Br)c1. The van der Waals surface area contributed by atoms with Crippen molar-refractivity contribution < 1.29 is 18.8 Å². The number of amides is 2. The molecule has 0 heterocycles. The summed E-state index contributed by atoms with van der Waals surface area (Å²) in [6.07, 6.45) is 0. The molecule has 0 unspecified atom stereocenters. The number of rotatable bonds is 4. The van der Waals surface area contributed by atoms with Gasteiger partial charge in [-0.15, -0.1) is 0 Å². The quantitative estimate of drug-likeness (QED) is 0.803. The van der Waals surface area contributed by atoms with Crippen molar-refractivity contribution in [3.63, 3.8) is 0 Å². The van der Waals surface area contributed by atoms with E-state index >= 15 is 0 Å². The summed E-state index contributed by atoms with van der Waals surface area (Å²) in [4.78, 5) is 26.2. The molecule has 1 rings (SSSR count). The van der Waals surface area contributed by atoms with Crippen LogP contribution in [0.25, 0.3) is 0 Å². The van der Waals surface area contributed by atoms with E-state index in [1.807, 2.05) is 5.48 Å². The Kier molecular flexibility index (Phi) is 4.39. The number of halogens is 2. The van der Waals surface area contributed by atoms with Crippen LogP contribution >= 0.6 is 15.9 Å². The zero-order valence-corrected chi connectivity index (χ0v) is 9.58. The highest BCUT2D eigenvalue weighted by Crippen LogP contribution is 2.16. The van der Waals surface area contributed by atoms with E-state index in [0.29, 0.717) is 0 Å². The van der Waals surface area contributed by atoms with Gasteiger partial charge in [-0.3, -0.25) is 14.4 Å². The monoisotopic (exact) mass is 290 g/mol. The molecule has 1 aromatic rings. The summed E-state index contributed by atoms with van der Waals surface area (Å²) in [6, 6.07) is 3.70. The Morgan fingerprint density at radius 1 is 1.50 bits per heavy atom. The van der Waals surface area contributed by atoms with Crippen LogP contribution in [0.2, 0.25) is 0 Å². The van der Waals surface area contributed by atoms with Crippen LogP contribution in [0.15, 0.2) is 22.7 Å². The van der Waals surface area contributed by atoms with Crippen LogP contribution in [-0.4, -0.2) is 18.4 Å². The van der Waals surface area contributed by atoms with Gasteiger partial charge in [0.15, 0.2) is 6.61 Å². The van der Waals surface area contributed by atoms with Crippen molar-refractivity contribution in [1.82, 2.24) is 5.48 Å². The van der Waals surface area contributed by atoms with E-state index in [4.69, 9.17) is 5.73 Å². The lowest BCUT2D eigenvalue weighted by atomic mass is 10.2. The van der Waals surface area contributed by atoms with E-state index in [9.17, 15) is 14.0 Å². The van der Waals surface area contributed by atoms with Gasteiger partial charge in [0.25, 0.3) is 5.91 Å². The molecule has 0 radical (unpaired) electrons. The molecule has 0 aliphatic carbocycles. The summed E-state index contributed by atoms with van der Waals surface area (Å²) in [5, 5.41) is 0. The molecular formula is C9H8BrFN2O3. The molecule has 0 spiro atoms. The number of hydroxylamine groups is 1. The first kappa shape index (κ1) is 12.6. The van der Waals surface area contributed by atoms with Gasteiger partial charge < -0.3 is 5.73 Å². The van der Waals surface area contributed by atoms with E-state index in [1.165, 1.54) is 12.1 Å². The summed E-state index contributed by atoms with van der Waals surface area (Å²) in [5.74, 6) is -1.78. The average molecular weight is 291 g/mol. The molecule has 0 fully saturated rings. The second-order valence-electron chi connectivity index (χ2n) is 2.82. The minimum atomic E-state index is -0.708. The molecule has 1 aromatic carbocycles. The van der Waals surface area contributed by atoms with Crippen molar-refractivity contribution in [2.75, 3.05) is 6.61 Å². The topological polar surface area (TPSA) is 81.4 Å². The summed E-state index contributed by atoms with van der Waals surface area (Å²) in [5.41, 5.74) is 6.98. The Morgan fingerprint density at radius 3 is 2.75 bits per heavy atom. The van der Waals surface area contributed by atoms with E-state index < -0.39 is 24.2 Å². The molecule has 0 saturated heterocycles. The third-order valence-electron chi connectivity index (χ3n) is 1.56. The lowest BCUT2D eigenvalue weighted by molar-refractivity contribution is -0.124. The number of carbonyl (C=O) groups is 2. The second kappa shape index (κ2) is 5.57. The highest BCUT2D eigenvalue weighted by atomic mass is 79.9. The molecule has 16 heavy (non-hydrogen) atoms. The summed E-state index contributed by atoms with van der Waals surface area (Å²) in [6.45, 7) is -0.423. The molecule has 5 nitrogen and oxygen atoms in total. The Balaban J connectivity index is 2.59. The summed E-state index contributed by atoms with van der Waals surface area (Å²) < 4.78 is 13.0. The minimum absolute atomic E-state index is 0.162. The fourth-order valence-corrected chi connectivity index (χ4v) is 1.25. The van der Waals surface area contributed by atoms with E-state index in [-0.39, 0.29) is 10.0 Å². The van der Waals surface area contributed by atoms with Crippen molar-refractivity contribution >= 4 is 27.7 Å². The maximum atomic E-state index is 12.8. The van der Waals surface area contributed by atoms with Crippen LogP contribution in [-0.2, 0) is 9.63 Å². The fraction of sp³-hybridized carbons (Fsp3) is 0.111. The van der Waals surface area contributed by atoms with Gasteiger partial charge in [-0.1, -0.05) is 0 Å². The molecule has 0 atom stereocenters. The van der Waals surface area contributed by atoms with Crippen molar-refractivity contribution in [2.45, 2.75) is 0 Å². The predicted octanol–water partition coefficient (Wildman–Crippen LogP) is 0.735. The van der Waals surface area contributed by atoms with Crippen LogP contribution in [0.4, 0.5) is 4.39 Å². The number of nitrogens with two attached hydrogens (primary N) is 1. The Hall–Kier alpha value is -1.47. The van der Waals surface area contributed by atoms with Crippen LogP contribution in [0.1, 0.15) is 10.4 Å². The lowest BCUT2D eigenvalue weighted by Gasteiger charge is -2.04. The maximum Gasteiger partial charge on any atom is 0.274 e. The van der Waals surface area contributed by atoms with Crippen LogP contribution < -0.4 is 11.2 Å². The first-order valence-electron chi connectivity index (χ1n) is 4.16. The Morgan fingerprint density at radius 2 is 2.19 bits per heavy atom. The normalized spacial score (nSPS) is 9.88. The second-order valence-corrected chi connectivity index (χ2v) is 3.67. The van der Waals surface area contributed by atoms with Gasteiger partial charge in [0.1, 0.15) is 5.82 Å². The number of hydrogen-bond acceptors (Lipinski definition) is 3. The Bertz CT molecular complexity index is 425.